The van der Waals surface area contributed by atoms with Crippen LogP contribution in [0, 0.1) is 5.82 Å². The molecule has 1 aromatic carbocycles. The number of ether oxygens (including phenoxy) is 1. The molecule has 1 aromatic rings. The summed E-state index contributed by atoms with van der Waals surface area (Å²) < 4.78 is 18.3. The molecule has 1 heterocycles. The first kappa shape index (κ1) is 16.0. The summed E-state index contributed by atoms with van der Waals surface area (Å²) in [6.07, 6.45) is 0.873. The van der Waals surface area contributed by atoms with Crippen LogP contribution >= 0.6 is 11.6 Å². The van der Waals surface area contributed by atoms with E-state index in [4.69, 9.17) is 16.3 Å². The van der Waals surface area contributed by atoms with Gasteiger partial charge in [-0.2, -0.15) is 0 Å². The Morgan fingerprint density at radius 3 is 2.86 bits per heavy atom. The quantitative estimate of drug-likeness (QED) is 0.820. The van der Waals surface area contributed by atoms with Gasteiger partial charge in [-0.05, 0) is 31.2 Å². The van der Waals surface area contributed by atoms with Crippen molar-refractivity contribution in [3.63, 3.8) is 0 Å². The molecule has 1 aliphatic heterocycles. The van der Waals surface area contributed by atoms with Gasteiger partial charge in [0.2, 0.25) is 0 Å². The first-order valence-corrected chi connectivity index (χ1v) is 7.33. The second-order valence-electron chi connectivity index (χ2n) is 4.82. The van der Waals surface area contributed by atoms with Crippen LogP contribution in [0.5, 0.6) is 0 Å². The van der Waals surface area contributed by atoms with Gasteiger partial charge in [0, 0.05) is 25.3 Å². The van der Waals surface area contributed by atoms with Crippen molar-refractivity contribution in [3.8, 4) is 0 Å². The Hall–Kier alpha value is -1.37. The highest BCUT2D eigenvalue weighted by atomic mass is 35.5. The predicted molar refractivity (Wildman–Crippen MR) is 80.3 cm³/mol. The Labute approximate surface area is 128 Å². The van der Waals surface area contributed by atoms with Gasteiger partial charge in [-0.3, -0.25) is 4.90 Å². The van der Waals surface area contributed by atoms with E-state index >= 15 is 0 Å². The molecule has 0 saturated carbocycles. The minimum Gasteiger partial charge on any atom is -0.379 e. The van der Waals surface area contributed by atoms with Crippen molar-refractivity contribution in [2.45, 2.75) is 6.42 Å². The third-order valence-electron chi connectivity index (χ3n) is 3.22. The molecule has 0 aliphatic carbocycles. The Kier molecular flexibility index (Phi) is 6.22. The van der Waals surface area contributed by atoms with Crippen molar-refractivity contribution in [1.29, 1.82) is 0 Å². The molecule has 2 amide bonds. The Balaban J connectivity index is 1.63. The van der Waals surface area contributed by atoms with Gasteiger partial charge in [0.1, 0.15) is 5.82 Å². The van der Waals surface area contributed by atoms with Crippen molar-refractivity contribution < 1.29 is 13.9 Å². The highest BCUT2D eigenvalue weighted by Crippen LogP contribution is 2.19. The fourth-order valence-corrected chi connectivity index (χ4v) is 2.26. The van der Waals surface area contributed by atoms with Gasteiger partial charge in [-0.25, -0.2) is 9.18 Å². The van der Waals surface area contributed by atoms with E-state index in [1.165, 1.54) is 18.2 Å². The zero-order valence-corrected chi connectivity index (χ0v) is 12.5. The molecule has 0 radical (unpaired) electrons. The summed E-state index contributed by atoms with van der Waals surface area (Å²) >= 11 is 5.65. The number of anilines is 1. The van der Waals surface area contributed by atoms with Crippen molar-refractivity contribution in [2.24, 2.45) is 0 Å². The van der Waals surface area contributed by atoms with Crippen LogP contribution in [-0.2, 0) is 4.74 Å². The summed E-state index contributed by atoms with van der Waals surface area (Å²) in [5.41, 5.74) is 0.465. The van der Waals surface area contributed by atoms with Crippen LogP contribution in [0.15, 0.2) is 18.2 Å². The first-order chi connectivity index (χ1) is 10.1. The summed E-state index contributed by atoms with van der Waals surface area (Å²) in [7, 11) is 0. The zero-order chi connectivity index (χ0) is 15.1. The molecule has 21 heavy (non-hydrogen) atoms. The topological polar surface area (TPSA) is 53.6 Å². The fourth-order valence-electron chi connectivity index (χ4n) is 2.08. The monoisotopic (exact) mass is 315 g/mol. The molecule has 0 aromatic heterocycles. The number of rotatable bonds is 5. The third kappa shape index (κ3) is 5.49. The highest BCUT2D eigenvalue weighted by molar-refractivity contribution is 6.31. The molecule has 5 nitrogen and oxygen atoms in total. The van der Waals surface area contributed by atoms with E-state index in [9.17, 15) is 9.18 Å². The number of hydrogen-bond acceptors (Lipinski definition) is 3. The van der Waals surface area contributed by atoms with Crippen LogP contribution in [0.1, 0.15) is 6.42 Å². The Bertz CT molecular complexity index is 481. The van der Waals surface area contributed by atoms with Gasteiger partial charge in [0.15, 0.2) is 0 Å². The van der Waals surface area contributed by atoms with Gasteiger partial charge in [-0.15, -0.1) is 0 Å². The van der Waals surface area contributed by atoms with Crippen LogP contribution in [0.2, 0.25) is 5.02 Å². The van der Waals surface area contributed by atoms with Gasteiger partial charge in [0.25, 0.3) is 0 Å². The molecule has 0 spiro atoms. The largest absolute Gasteiger partial charge is 0.379 e. The lowest BCUT2D eigenvalue weighted by atomic mass is 10.3. The smallest absolute Gasteiger partial charge is 0.319 e. The van der Waals surface area contributed by atoms with Crippen LogP contribution in [0.4, 0.5) is 14.9 Å². The second kappa shape index (κ2) is 8.17. The van der Waals surface area contributed by atoms with Gasteiger partial charge in [0.05, 0.1) is 18.2 Å². The van der Waals surface area contributed by atoms with E-state index in [0.29, 0.717) is 12.2 Å². The normalized spacial score (nSPS) is 15.7. The maximum atomic E-state index is 13.0. The fraction of sp³-hybridized carbons (Fsp3) is 0.500. The second-order valence-corrected chi connectivity index (χ2v) is 5.22. The molecule has 1 aliphatic rings. The first-order valence-electron chi connectivity index (χ1n) is 6.95. The van der Waals surface area contributed by atoms with E-state index in [1.54, 1.807) is 0 Å². The zero-order valence-electron chi connectivity index (χ0n) is 11.7. The lowest BCUT2D eigenvalue weighted by molar-refractivity contribution is 0.0375. The molecule has 0 atom stereocenters. The van der Waals surface area contributed by atoms with Crippen LogP contribution in [-0.4, -0.2) is 50.3 Å². The van der Waals surface area contributed by atoms with E-state index in [-0.39, 0.29) is 11.1 Å². The van der Waals surface area contributed by atoms with Crippen molar-refractivity contribution in [1.82, 2.24) is 10.2 Å². The molecule has 116 valence electrons. The average molecular weight is 316 g/mol. The maximum Gasteiger partial charge on any atom is 0.319 e. The van der Waals surface area contributed by atoms with E-state index in [0.717, 1.165) is 39.3 Å². The highest BCUT2D eigenvalue weighted by Gasteiger charge is 2.09. The van der Waals surface area contributed by atoms with Crippen molar-refractivity contribution in [3.05, 3.63) is 29.0 Å². The molecule has 7 heteroatoms. The summed E-state index contributed by atoms with van der Waals surface area (Å²) in [4.78, 5) is 14.0. The number of nitrogens with zero attached hydrogens (tertiary/aromatic N) is 1. The standard InChI is InChI=1S/C14H19ClFN3O2/c15-12-10-11(2-3-13(12)16)18-14(20)17-4-1-5-19-6-8-21-9-7-19/h2-3,10H,1,4-9H2,(H2,17,18,20). The number of benzene rings is 1. The number of amides is 2. The third-order valence-corrected chi connectivity index (χ3v) is 3.51. The summed E-state index contributed by atoms with van der Waals surface area (Å²) in [6, 6.07) is 3.74. The molecule has 0 bridgehead atoms. The van der Waals surface area contributed by atoms with Gasteiger partial charge < -0.3 is 15.4 Å². The van der Waals surface area contributed by atoms with Gasteiger partial charge >= 0.3 is 6.03 Å². The Morgan fingerprint density at radius 1 is 1.38 bits per heavy atom. The molecule has 1 fully saturated rings. The van der Waals surface area contributed by atoms with E-state index < -0.39 is 5.82 Å². The van der Waals surface area contributed by atoms with E-state index in [2.05, 4.69) is 15.5 Å². The number of urea groups is 1. The minimum atomic E-state index is -0.506. The lowest BCUT2D eigenvalue weighted by Gasteiger charge is -2.26. The number of halogens is 2. The Morgan fingerprint density at radius 2 is 2.14 bits per heavy atom. The van der Waals surface area contributed by atoms with Crippen molar-refractivity contribution in [2.75, 3.05) is 44.7 Å². The summed E-state index contributed by atoms with van der Waals surface area (Å²) in [5, 5.41) is 5.36. The molecular formula is C14H19ClFN3O2. The number of carbonyl (C=O) groups excluding carboxylic acids is 1. The van der Waals surface area contributed by atoms with Crippen LogP contribution in [0.25, 0.3) is 0 Å². The van der Waals surface area contributed by atoms with Crippen LogP contribution in [0.3, 0.4) is 0 Å². The molecular weight excluding hydrogens is 297 g/mol. The predicted octanol–water partition coefficient (Wildman–Crippen LogP) is 2.32. The molecule has 1 saturated heterocycles. The lowest BCUT2D eigenvalue weighted by Crippen LogP contribution is -2.38. The maximum absolute atomic E-state index is 13.0. The number of hydrogen-bond donors (Lipinski definition) is 2. The summed E-state index contributed by atoms with van der Waals surface area (Å²) in [5.74, 6) is -0.506. The minimum absolute atomic E-state index is 0.0138. The molecule has 2 rings (SSSR count). The number of nitrogens with one attached hydrogen (secondary N) is 2. The number of morpholine rings is 1. The number of carbonyl (C=O) groups is 1. The SMILES string of the molecule is O=C(NCCCN1CCOCC1)Nc1ccc(F)c(Cl)c1. The van der Waals surface area contributed by atoms with Gasteiger partial charge in [-0.1, -0.05) is 11.6 Å². The summed E-state index contributed by atoms with van der Waals surface area (Å²) in [6.45, 7) is 4.96. The molecule has 0 unspecified atom stereocenters. The molecule has 2 N–H and O–H groups in total. The van der Waals surface area contributed by atoms with Crippen LogP contribution < -0.4 is 10.6 Å². The average Bonchev–Trinajstić information content (AvgIpc) is 2.49. The van der Waals surface area contributed by atoms with E-state index in [1.807, 2.05) is 0 Å². The van der Waals surface area contributed by atoms with Crippen molar-refractivity contribution >= 4 is 23.3 Å².